The third-order valence-corrected chi connectivity index (χ3v) is 3.94. The van der Waals surface area contributed by atoms with Crippen molar-refractivity contribution in [3.63, 3.8) is 0 Å². The summed E-state index contributed by atoms with van der Waals surface area (Å²) in [7, 11) is 0. The normalized spacial score (nSPS) is 10.4. The minimum atomic E-state index is -0.200. The van der Waals surface area contributed by atoms with Gasteiger partial charge in [0.1, 0.15) is 0 Å². The lowest BCUT2D eigenvalue weighted by Gasteiger charge is -2.21. The molecule has 0 aliphatic carbocycles. The molecule has 0 radical (unpaired) electrons. The summed E-state index contributed by atoms with van der Waals surface area (Å²) in [5, 5.41) is 2.84. The van der Waals surface area contributed by atoms with E-state index in [2.05, 4.69) is 17.2 Å². The molecule has 5 heteroatoms. The van der Waals surface area contributed by atoms with Crippen LogP contribution >= 0.6 is 0 Å². The van der Waals surface area contributed by atoms with Gasteiger partial charge in [-0.25, -0.2) is 0 Å². The lowest BCUT2D eigenvalue weighted by atomic mass is 10.1. The molecule has 132 valence electrons. The van der Waals surface area contributed by atoms with Gasteiger partial charge in [-0.3, -0.25) is 14.6 Å². The first-order valence-corrected chi connectivity index (χ1v) is 8.68. The Morgan fingerprint density at radius 3 is 2.56 bits per heavy atom. The summed E-state index contributed by atoms with van der Waals surface area (Å²) in [6.45, 7) is 7.14. The molecule has 2 rings (SSSR count). The van der Waals surface area contributed by atoms with E-state index in [1.165, 1.54) is 12.4 Å². The largest absolute Gasteiger partial charge is 0.352 e. The highest BCUT2D eigenvalue weighted by Gasteiger charge is 2.18. The second-order valence-corrected chi connectivity index (χ2v) is 5.96. The Morgan fingerprint density at radius 2 is 1.88 bits per heavy atom. The van der Waals surface area contributed by atoms with Crippen LogP contribution in [0, 0.1) is 6.92 Å². The van der Waals surface area contributed by atoms with Crippen molar-refractivity contribution in [2.45, 2.75) is 33.6 Å². The van der Waals surface area contributed by atoms with E-state index in [9.17, 15) is 9.59 Å². The molecule has 2 amide bonds. The molecule has 0 aliphatic heterocycles. The number of nitrogens with zero attached hydrogens (tertiary/aromatic N) is 2. The van der Waals surface area contributed by atoms with Crippen LogP contribution in [0.5, 0.6) is 0 Å². The van der Waals surface area contributed by atoms with Gasteiger partial charge in [0, 0.05) is 31.2 Å². The fourth-order valence-electron chi connectivity index (χ4n) is 2.56. The SMILES string of the molecule is CCCCNC(=O)c1cncc(C(=O)N(CC)c2cccc(C)c2)c1. The molecule has 0 saturated heterocycles. The maximum Gasteiger partial charge on any atom is 0.259 e. The first kappa shape index (κ1) is 18.6. The second kappa shape index (κ2) is 8.97. The third-order valence-electron chi connectivity index (χ3n) is 3.94. The van der Waals surface area contributed by atoms with E-state index in [0.29, 0.717) is 24.2 Å². The van der Waals surface area contributed by atoms with Crippen LogP contribution in [-0.4, -0.2) is 29.9 Å². The molecule has 2 aromatic rings. The van der Waals surface area contributed by atoms with Gasteiger partial charge in [-0.15, -0.1) is 0 Å². The minimum Gasteiger partial charge on any atom is -0.352 e. The Morgan fingerprint density at radius 1 is 1.12 bits per heavy atom. The highest BCUT2D eigenvalue weighted by molar-refractivity contribution is 6.07. The van der Waals surface area contributed by atoms with Crippen molar-refractivity contribution < 1.29 is 9.59 Å². The Kier molecular flexibility index (Phi) is 6.69. The van der Waals surface area contributed by atoms with Crippen LogP contribution < -0.4 is 10.2 Å². The fourth-order valence-corrected chi connectivity index (χ4v) is 2.56. The number of aryl methyl sites for hydroxylation is 1. The van der Waals surface area contributed by atoms with Crippen molar-refractivity contribution in [1.29, 1.82) is 0 Å². The summed E-state index contributed by atoms with van der Waals surface area (Å²) in [4.78, 5) is 30.8. The molecule has 5 nitrogen and oxygen atoms in total. The second-order valence-electron chi connectivity index (χ2n) is 5.96. The molecule has 0 atom stereocenters. The van der Waals surface area contributed by atoms with Crippen molar-refractivity contribution in [3.8, 4) is 0 Å². The molecular weight excluding hydrogens is 314 g/mol. The zero-order valence-electron chi connectivity index (χ0n) is 15.1. The van der Waals surface area contributed by atoms with Crippen LogP contribution in [0.2, 0.25) is 0 Å². The molecule has 0 saturated carbocycles. The average Bonchev–Trinajstić information content (AvgIpc) is 2.62. The van der Waals surface area contributed by atoms with Gasteiger partial charge in [-0.1, -0.05) is 25.5 Å². The lowest BCUT2D eigenvalue weighted by molar-refractivity contribution is 0.0953. The molecule has 0 spiro atoms. The van der Waals surface area contributed by atoms with Crippen LogP contribution in [0.3, 0.4) is 0 Å². The van der Waals surface area contributed by atoms with Gasteiger partial charge in [0.2, 0.25) is 0 Å². The first-order chi connectivity index (χ1) is 12.1. The summed E-state index contributed by atoms with van der Waals surface area (Å²) in [5.74, 6) is -0.363. The predicted molar refractivity (Wildman–Crippen MR) is 100 cm³/mol. The van der Waals surface area contributed by atoms with Crippen molar-refractivity contribution >= 4 is 17.5 Å². The molecule has 1 heterocycles. The molecule has 0 fully saturated rings. The molecule has 1 N–H and O–H groups in total. The van der Waals surface area contributed by atoms with Crippen molar-refractivity contribution in [2.24, 2.45) is 0 Å². The van der Waals surface area contributed by atoms with Crippen LogP contribution in [0.4, 0.5) is 5.69 Å². The highest BCUT2D eigenvalue weighted by Crippen LogP contribution is 2.18. The van der Waals surface area contributed by atoms with Crippen LogP contribution in [0.15, 0.2) is 42.7 Å². The number of rotatable bonds is 7. The zero-order chi connectivity index (χ0) is 18.2. The summed E-state index contributed by atoms with van der Waals surface area (Å²) >= 11 is 0. The Bertz CT molecular complexity index is 743. The third kappa shape index (κ3) is 4.89. The van der Waals surface area contributed by atoms with Crippen molar-refractivity contribution in [3.05, 3.63) is 59.4 Å². The number of aromatic nitrogens is 1. The summed E-state index contributed by atoms with van der Waals surface area (Å²) < 4.78 is 0. The molecule has 0 aliphatic rings. The van der Waals surface area contributed by atoms with Gasteiger partial charge in [0.25, 0.3) is 11.8 Å². The van der Waals surface area contributed by atoms with Gasteiger partial charge >= 0.3 is 0 Å². The number of amides is 2. The van der Waals surface area contributed by atoms with Crippen molar-refractivity contribution in [1.82, 2.24) is 10.3 Å². The average molecular weight is 339 g/mol. The molecule has 1 aromatic carbocycles. The number of hydrogen-bond donors (Lipinski definition) is 1. The van der Waals surface area contributed by atoms with Gasteiger partial charge in [-0.2, -0.15) is 0 Å². The molecule has 0 bridgehead atoms. The number of pyridine rings is 1. The van der Waals surface area contributed by atoms with E-state index in [-0.39, 0.29) is 11.8 Å². The highest BCUT2D eigenvalue weighted by atomic mass is 16.2. The number of unbranched alkanes of at least 4 members (excludes halogenated alkanes) is 1. The van der Waals surface area contributed by atoms with E-state index >= 15 is 0 Å². The predicted octanol–water partition coefficient (Wildman–Crippen LogP) is 3.59. The van der Waals surface area contributed by atoms with E-state index in [1.807, 2.05) is 38.1 Å². The van der Waals surface area contributed by atoms with E-state index in [0.717, 1.165) is 24.1 Å². The Hall–Kier alpha value is -2.69. The number of carbonyl (C=O) groups is 2. The number of anilines is 1. The van der Waals surface area contributed by atoms with Crippen LogP contribution in [0.25, 0.3) is 0 Å². The lowest BCUT2D eigenvalue weighted by Crippen LogP contribution is -2.31. The first-order valence-electron chi connectivity index (χ1n) is 8.68. The van der Waals surface area contributed by atoms with E-state index in [1.54, 1.807) is 11.0 Å². The van der Waals surface area contributed by atoms with E-state index in [4.69, 9.17) is 0 Å². The Balaban J connectivity index is 2.20. The smallest absolute Gasteiger partial charge is 0.259 e. The molecule has 25 heavy (non-hydrogen) atoms. The van der Waals surface area contributed by atoms with Gasteiger partial charge in [0.15, 0.2) is 0 Å². The Labute approximate surface area is 149 Å². The minimum absolute atomic E-state index is 0.163. The van der Waals surface area contributed by atoms with Gasteiger partial charge < -0.3 is 10.2 Å². The zero-order valence-corrected chi connectivity index (χ0v) is 15.1. The number of hydrogen-bond acceptors (Lipinski definition) is 3. The molecule has 0 unspecified atom stereocenters. The maximum absolute atomic E-state index is 12.9. The summed E-state index contributed by atoms with van der Waals surface area (Å²) in [6, 6.07) is 9.40. The van der Waals surface area contributed by atoms with Crippen molar-refractivity contribution in [2.75, 3.05) is 18.0 Å². The quantitative estimate of drug-likeness (QED) is 0.784. The summed E-state index contributed by atoms with van der Waals surface area (Å²) in [5.41, 5.74) is 2.74. The maximum atomic E-state index is 12.9. The monoisotopic (exact) mass is 339 g/mol. The van der Waals surface area contributed by atoms with Crippen LogP contribution in [0.1, 0.15) is 53.0 Å². The standard InChI is InChI=1S/C20H25N3O2/c1-4-6-10-22-19(24)16-12-17(14-21-13-16)20(25)23(5-2)18-9-7-8-15(3)11-18/h7-9,11-14H,4-6,10H2,1-3H3,(H,22,24). The topological polar surface area (TPSA) is 62.3 Å². The molecule has 1 aromatic heterocycles. The molecular formula is C20H25N3O2. The van der Waals surface area contributed by atoms with Gasteiger partial charge in [0.05, 0.1) is 11.1 Å². The number of carbonyl (C=O) groups excluding carboxylic acids is 2. The van der Waals surface area contributed by atoms with E-state index < -0.39 is 0 Å². The fraction of sp³-hybridized carbons (Fsp3) is 0.350. The number of benzene rings is 1. The summed E-state index contributed by atoms with van der Waals surface area (Å²) in [6.07, 6.45) is 4.93. The van der Waals surface area contributed by atoms with Gasteiger partial charge in [-0.05, 0) is 44.0 Å². The van der Waals surface area contributed by atoms with Crippen LogP contribution in [-0.2, 0) is 0 Å². The number of nitrogens with one attached hydrogen (secondary N) is 1.